The summed E-state index contributed by atoms with van der Waals surface area (Å²) in [5.74, 6) is 2.53. The summed E-state index contributed by atoms with van der Waals surface area (Å²) in [6.45, 7) is 1.98. The fourth-order valence-electron chi connectivity index (χ4n) is 1.10. The van der Waals surface area contributed by atoms with E-state index >= 15 is 0 Å². The lowest BCUT2D eigenvalue weighted by molar-refractivity contribution is 0.743. The maximum Gasteiger partial charge on any atom is 0.342 e. The first-order chi connectivity index (χ1) is 7.17. The van der Waals surface area contributed by atoms with Crippen LogP contribution in [0.15, 0.2) is 9.59 Å². The van der Waals surface area contributed by atoms with Crippen LogP contribution in [0.3, 0.4) is 0 Å². The molecule has 1 rings (SSSR count). The van der Waals surface area contributed by atoms with Crippen molar-refractivity contribution in [3.05, 3.63) is 20.8 Å². The van der Waals surface area contributed by atoms with E-state index in [0.717, 1.165) is 12.8 Å². The Kier molecular flexibility index (Phi) is 3.68. The van der Waals surface area contributed by atoms with Gasteiger partial charge in [-0.2, -0.15) is 0 Å². The van der Waals surface area contributed by atoms with E-state index in [1.54, 1.807) is 0 Å². The Hall–Kier alpha value is -2.03. The molecule has 0 aliphatic rings. The van der Waals surface area contributed by atoms with Crippen LogP contribution >= 0.6 is 0 Å². The van der Waals surface area contributed by atoms with Gasteiger partial charge in [-0.3, -0.25) is 9.78 Å². The lowest BCUT2D eigenvalue weighted by Gasteiger charge is -2.10. The van der Waals surface area contributed by atoms with E-state index in [-0.39, 0.29) is 11.9 Å². The second-order valence-corrected chi connectivity index (χ2v) is 3.01. The first kappa shape index (κ1) is 11.0. The number of hydrogen-bond acceptors (Lipinski definition) is 4. The highest BCUT2D eigenvalue weighted by atomic mass is 16.2. The van der Waals surface area contributed by atoms with Crippen molar-refractivity contribution in [3.8, 4) is 12.3 Å². The molecule has 80 valence electrons. The zero-order chi connectivity index (χ0) is 11.3. The van der Waals surface area contributed by atoms with E-state index in [2.05, 4.69) is 26.4 Å². The zero-order valence-electron chi connectivity index (χ0n) is 8.33. The van der Waals surface area contributed by atoms with Gasteiger partial charge in [0.15, 0.2) is 0 Å². The van der Waals surface area contributed by atoms with Crippen LogP contribution < -0.4 is 16.6 Å². The number of nitrogens with one attached hydrogen (secondary N) is 3. The normalized spacial score (nSPS) is 11.7. The Morgan fingerprint density at radius 3 is 2.87 bits per heavy atom. The van der Waals surface area contributed by atoms with Crippen LogP contribution in [0.25, 0.3) is 0 Å². The molecular formula is C9H12N4O2. The second kappa shape index (κ2) is 5.00. The van der Waals surface area contributed by atoms with Crippen LogP contribution in [0.2, 0.25) is 0 Å². The number of rotatable bonds is 4. The third-order valence-corrected chi connectivity index (χ3v) is 1.80. The standard InChI is InChI=1S/C9H12N4O2/c1-3-5-6(4-2)10-7-8(14)11-9(15)13-12-7/h2,6H,3,5H2,1H3,(H,10,12)(H2,11,13,14,15). The van der Waals surface area contributed by atoms with Gasteiger partial charge >= 0.3 is 5.69 Å². The number of terminal acetylenes is 1. The van der Waals surface area contributed by atoms with Crippen LogP contribution in [-0.2, 0) is 0 Å². The molecule has 0 aliphatic heterocycles. The minimum absolute atomic E-state index is 0.0333. The Morgan fingerprint density at radius 2 is 2.33 bits per heavy atom. The molecule has 0 spiro atoms. The topological polar surface area (TPSA) is 90.6 Å². The fraction of sp³-hybridized carbons (Fsp3) is 0.444. The highest BCUT2D eigenvalue weighted by molar-refractivity contribution is 5.33. The largest absolute Gasteiger partial charge is 0.350 e. The van der Waals surface area contributed by atoms with E-state index in [9.17, 15) is 9.59 Å². The SMILES string of the molecule is C#CC(CCC)Nc1n[nH]c(=O)[nH]c1=O. The third kappa shape index (κ3) is 2.98. The quantitative estimate of drug-likeness (QED) is 0.591. The molecule has 0 fully saturated rings. The highest BCUT2D eigenvalue weighted by Crippen LogP contribution is 2.00. The first-order valence-corrected chi connectivity index (χ1v) is 4.59. The van der Waals surface area contributed by atoms with Gasteiger partial charge in [0.25, 0.3) is 5.56 Å². The van der Waals surface area contributed by atoms with Crippen LogP contribution in [0.1, 0.15) is 19.8 Å². The molecule has 0 aromatic carbocycles. The van der Waals surface area contributed by atoms with Gasteiger partial charge in [0.1, 0.15) is 0 Å². The van der Waals surface area contributed by atoms with E-state index < -0.39 is 11.2 Å². The number of anilines is 1. The summed E-state index contributed by atoms with van der Waals surface area (Å²) >= 11 is 0. The Morgan fingerprint density at radius 1 is 1.60 bits per heavy atom. The van der Waals surface area contributed by atoms with Crippen molar-refractivity contribution in [1.82, 2.24) is 15.2 Å². The molecule has 6 nitrogen and oxygen atoms in total. The predicted octanol–water partition coefficient (Wildman–Crippen LogP) is -0.328. The van der Waals surface area contributed by atoms with Crippen molar-refractivity contribution in [1.29, 1.82) is 0 Å². The van der Waals surface area contributed by atoms with Crippen LogP contribution in [0, 0.1) is 12.3 Å². The van der Waals surface area contributed by atoms with Gasteiger partial charge in [0.05, 0.1) is 6.04 Å². The predicted molar refractivity (Wildman–Crippen MR) is 56.6 cm³/mol. The second-order valence-electron chi connectivity index (χ2n) is 3.01. The molecule has 0 saturated heterocycles. The van der Waals surface area contributed by atoms with Gasteiger partial charge in [0.2, 0.25) is 5.82 Å². The summed E-state index contributed by atoms with van der Waals surface area (Å²) < 4.78 is 0. The number of hydrogen-bond donors (Lipinski definition) is 3. The maximum atomic E-state index is 11.2. The minimum Gasteiger partial charge on any atom is -0.350 e. The molecule has 15 heavy (non-hydrogen) atoms. The lowest BCUT2D eigenvalue weighted by Crippen LogP contribution is -2.30. The number of nitrogens with zero attached hydrogens (tertiary/aromatic N) is 1. The monoisotopic (exact) mass is 208 g/mol. The van der Waals surface area contributed by atoms with Crippen LogP contribution in [0.4, 0.5) is 5.82 Å². The van der Waals surface area contributed by atoms with E-state index in [4.69, 9.17) is 6.42 Å². The van der Waals surface area contributed by atoms with Crippen molar-refractivity contribution in [3.63, 3.8) is 0 Å². The molecule has 0 amide bonds. The summed E-state index contributed by atoms with van der Waals surface area (Å²) in [4.78, 5) is 24.0. The molecule has 1 atom stereocenters. The van der Waals surface area contributed by atoms with Gasteiger partial charge in [-0.05, 0) is 6.42 Å². The summed E-state index contributed by atoms with van der Waals surface area (Å²) in [6, 6.07) is -0.255. The number of H-pyrrole nitrogens is 2. The Labute approximate surface area is 86.1 Å². The summed E-state index contributed by atoms with van der Waals surface area (Å²) in [6.07, 6.45) is 6.89. The van der Waals surface area contributed by atoms with E-state index in [0.29, 0.717) is 0 Å². The molecule has 0 aliphatic carbocycles. The van der Waals surface area contributed by atoms with E-state index in [1.807, 2.05) is 6.92 Å². The molecule has 1 unspecified atom stereocenters. The minimum atomic E-state index is -0.640. The summed E-state index contributed by atoms with van der Waals surface area (Å²) in [5, 5.41) is 8.44. The molecule has 6 heteroatoms. The lowest BCUT2D eigenvalue weighted by atomic mass is 10.2. The molecule has 0 saturated carbocycles. The van der Waals surface area contributed by atoms with Gasteiger partial charge in [-0.1, -0.05) is 19.3 Å². The molecule has 3 N–H and O–H groups in total. The Bertz CT molecular complexity index is 468. The van der Waals surface area contributed by atoms with Crippen molar-refractivity contribution in [2.45, 2.75) is 25.8 Å². The third-order valence-electron chi connectivity index (χ3n) is 1.80. The fourth-order valence-corrected chi connectivity index (χ4v) is 1.10. The molecule has 1 heterocycles. The molecule has 1 aromatic heterocycles. The molecule has 1 aromatic rings. The zero-order valence-corrected chi connectivity index (χ0v) is 8.33. The smallest absolute Gasteiger partial charge is 0.342 e. The van der Waals surface area contributed by atoms with Crippen molar-refractivity contribution in [2.75, 3.05) is 5.32 Å². The van der Waals surface area contributed by atoms with Crippen molar-refractivity contribution >= 4 is 5.82 Å². The summed E-state index contributed by atoms with van der Waals surface area (Å²) in [7, 11) is 0. The van der Waals surface area contributed by atoms with Gasteiger partial charge in [-0.15, -0.1) is 11.5 Å². The van der Waals surface area contributed by atoms with Crippen LogP contribution in [-0.4, -0.2) is 21.2 Å². The van der Waals surface area contributed by atoms with E-state index in [1.165, 1.54) is 0 Å². The number of aromatic nitrogens is 3. The highest BCUT2D eigenvalue weighted by Gasteiger charge is 2.07. The van der Waals surface area contributed by atoms with Crippen molar-refractivity contribution in [2.24, 2.45) is 0 Å². The maximum absolute atomic E-state index is 11.2. The van der Waals surface area contributed by atoms with Crippen LogP contribution in [0.5, 0.6) is 0 Å². The average Bonchev–Trinajstić information content (AvgIpc) is 2.21. The molecule has 0 radical (unpaired) electrons. The Balaban J connectivity index is 2.85. The number of aromatic amines is 2. The molecule has 0 bridgehead atoms. The van der Waals surface area contributed by atoms with Gasteiger partial charge < -0.3 is 5.32 Å². The van der Waals surface area contributed by atoms with Crippen molar-refractivity contribution < 1.29 is 0 Å². The van der Waals surface area contributed by atoms with Gasteiger partial charge in [-0.25, -0.2) is 9.89 Å². The summed E-state index contributed by atoms with van der Waals surface area (Å²) in [5.41, 5.74) is -1.21. The first-order valence-electron chi connectivity index (χ1n) is 4.59. The average molecular weight is 208 g/mol. The van der Waals surface area contributed by atoms with Gasteiger partial charge in [0, 0.05) is 0 Å². The molecular weight excluding hydrogens is 196 g/mol.